The molecule has 3 N–H and O–H groups in total. The van der Waals surface area contributed by atoms with Crippen LogP contribution in [0.5, 0.6) is 0 Å². The van der Waals surface area contributed by atoms with Crippen LogP contribution >= 0.6 is 24.0 Å². The molecule has 2 rings (SSSR count). The molecule has 1 aromatic heterocycles. The molecule has 0 fully saturated rings. The number of aryl methyl sites for hydroxylation is 1. The van der Waals surface area contributed by atoms with Gasteiger partial charge in [0.05, 0.1) is 0 Å². The number of rotatable bonds is 7. The van der Waals surface area contributed by atoms with Crippen LogP contribution in [0.25, 0.3) is 0 Å². The fraction of sp³-hybridized carbons (Fsp3) is 0.500. The Bertz CT molecular complexity index is 811. The third-order valence-electron chi connectivity index (χ3n) is 4.02. The number of carbonyl (C=O) groups excluding carboxylic acids is 1. The van der Waals surface area contributed by atoms with E-state index >= 15 is 0 Å². The van der Waals surface area contributed by atoms with Gasteiger partial charge in [-0.3, -0.25) is 9.79 Å². The molecule has 0 aliphatic carbocycles. The van der Waals surface area contributed by atoms with Crippen molar-refractivity contribution in [3.05, 3.63) is 47.5 Å². The summed E-state index contributed by atoms with van der Waals surface area (Å²) >= 11 is 0. The SMILES string of the molecule is CCc1nncn1CCNC(=NC)NCc1cccc(C(=O)NC(C)(C)C)c1.I. The Morgan fingerprint density at radius 1 is 1.24 bits per heavy atom. The lowest BCUT2D eigenvalue weighted by atomic mass is 10.1. The molecule has 0 bridgehead atoms. The van der Waals surface area contributed by atoms with Crippen LogP contribution in [0.15, 0.2) is 35.6 Å². The van der Waals surface area contributed by atoms with Gasteiger partial charge in [0.25, 0.3) is 5.91 Å². The lowest BCUT2D eigenvalue weighted by molar-refractivity contribution is 0.0919. The highest BCUT2D eigenvalue weighted by Gasteiger charge is 2.15. The minimum absolute atomic E-state index is 0. The van der Waals surface area contributed by atoms with E-state index in [1.54, 1.807) is 13.4 Å². The van der Waals surface area contributed by atoms with E-state index in [1.165, 1.54) is 0 Å². The summed E-state index contributed by atoms with van der Waals surface area (Å²) in [5, 5.41) is 17.6. The highest BCUT2D eigenvalue weighted by Crippen LogP contribution is 2.08. The molecular formula is C20H32IN7O. The van der Waals surface area contributed by atoms with Crippen molar-refractivity contribution < 1.29 is 4.79 Å². The molecule has 0 spiro atoms. The summed E-state index contributed by atoms with van der Waals surface area (Å²) in [4.78, 5) is 16.6. The van der Waals surface area contributed by atoms with E-state index in [1.807, 2.05) is 49.6 Å². The van der Waals surface area contributed by atoms with Crippen LogP contribution in [0.3, 0.4) is 0 Å². The Morgan fingerprint density at radius 3 is 2.66 bits per heavy atom. The predicted molar refractivity (Wildman–Crippen MR) is 127 cm³/mol. The van der Waals surface area contributed by atoms with E-state index < -0.39 is 0 Å². The summed E-state index contributed by atoms with van der Waals surface area (Å²) in [6.07, 6.45) is 2.59. The van der Waals surface area contributed by atoms with Gasteiger partial charge < -0.3 is 20.5 Å². The number of guanidine groups is 1. The van der Waals surface area contributed by atoms with E-state index in [0.717, 1.165) is 24.4 Å². The van der Waals surface area contributed by atoms with Gasteiger partial charge in [-0.2, -0.15) is 0 Å². The Kier molecular flexibility index (Phi) is 10.1. The number of hydrogen-bond donors (Lipinski definition) is 3. The number of aliphatic imine (C=N–C) groups is 1. The molecule has 0 aliphatic rings. The van der Waals surface area contributed by atoms with Crippen molar-refractivity contribution in [3.8, 4) is 0 Å². The van der Waals surface area contributed by atoms with Crippen LogP contribution in [0.1, 0.15) is 49.4 Å². The van der Waals surface area contributed by atoms with Crippen molar-refractivity contribution >= 4 is 35.8 Å². The zero-order valence-electron chi connectivity index (χ0n) is 17.8. The van der Waals surface area contributed by atoms with Crippen LogP contribution in [0.2, 0.25) is 0 Å². The molecule has 1 amide bonds. The van der Waals surface area contributed by atoms with Gasteiger partial charge in [-0.15, -0.1) is 34.2 Å². The number of carbonyl (C=O) groups is 1. The van der Waals surface area contributed by atoms with Crippen LogP contribution in [-0.2, 0) is 19.5 Å². The largest absolute Gasteiger partial charge is 0.355 e. The number of halogens is 1. The molecular weight excluding hydrogens is 481 g/mol. The van der Waals surface area contributed by atoms with Crippen LogP contribution in [0.4, 0.5) is 0 Å². The van der Waals surface area contributed by atoms with E-state index in [0.29, 0.717) is 24.6 Å². The van der Waals surface area contributed by atoms with Gasteiger partial charge in [-0.1, -0.05) is 19.1 Å². The highest BCUT2D eigenvalue weighted by atomic mass is 127. The molecule has 0 saturated heterocycles. The minimum atomic E-state index is -0.264. The molecule has 1 heterocycles. The van der Waals surface area contributed by atoms with E-state index in [9.17, 15) is 4.79 Å². The maximum Gasteiger partial charge on any atom is 0.251 e. The van der Waals surface area contributed by atoms with Crippen molar-refractivity contribution in [1.82, 2.24) is 30.7 Å². The first-order chi connectivity index (χ1) is 13.3. The van der Waals surface area contributed by atoms with Gasteiger partial charge in [0, 0.05) is 44.2 Å². The second kappa shape index (κ2) is 11.7. The normalized spacial score (nSPS) is 11.6. The average Bonchev–Trinajstić information content (AvgIpc) is 3.11. The topological polar surface area (TPSA) is 96.2 Å². The number of nitrogens with zero attached hydrogens (tertiary/aromatic N) is 4. The molecule has 0 radical (unpaired) electrons. The maximum atomic E-state index is 12.3. The van der Waals surface area contributed by atoms with Crippen LogP contribution in [0, 0.1) is 0 Å². The number of amides is 1. The van der Waals surface area contributed by atoms with Gasteiger partial charge in [-0.25, -0.2) is 0 Å². The molecule has 0 saturated carbocycles. The third kappa shape index (κ3) is 8.38. The molecule has 0 atom stereocenters. The summed E-state index contributed by atoms with van der Waals surface area (Å²) in [5.74, 6) is 1.60. The fourth-order valence-corrected chi connectivity index (χ4v) is 2.68. The van der Waals surface area contributed by atoms with E-state index in [-0.39, 0.29) is 35.4 Å². The molecule has 9 heteroatoms. The minimum Gasteiger partial charge on any atom is -0.355 e. The van der Waals surface area contributed by atoms with Gasteiger partial charge in [0.15, 0.2) is 5.96 Å². The lowest BCUT2D eigenvalue weighted by Gasteiger charge is -2.20. The Hall–Kier alpha value is -2.17. The molecule has 0 unspecified atom stereocenters. The summed E-state index contributed by atoms with van der Waals surface area (Å²) < 4.78 is 2.03. The fourth-order valence-electron chi connectivity index (χ4n) is 2.68. The molecule has 160 valence electrons. The number of nitrogens with one attached hydrogen (secondary N) is 3. The van der Waals surface area contributed by atoms with Crippen LogP contribution < -0.4 is 16.0 Å². The second-order valence-electron chi connectivity index (χ2n) is 7.55. The number of aromatic nitrogens is 3. The number of benzene rings is 1. The smallest absolute Gasteiger partial charge is 0.251 e. The van der Waals surface area contributed by atoms with Gasteiger partial charge in [0.2, 0.25) is 0 Å². The van der Waals surface area contributed by atoms with Crippen molar-refractivity contribution in [2.75, 3.05) is 13.6 Å². The highest BCUT2D eigenvalue weighted by molar-refractivity contribution is 14.0. The summed E-state index contributed by atoms with van der Waals surface area (Å²) in [7, 11) is 1.73. The number of hydrogen-bond acceptors (Lipinski definition) is 4. The first-order valence-electron chi connectivity index (χ1n) is 9.55. The zero-order chi connectivity index (χ0) is 20.6. The molecule has 1 aromatic carbocycles. The first kappa shape index (κ1) is 24.9. The average molecular weight is 513 g/mol. The maximum absolute atomic E-state index is 12.3. The zero-order valence-corrected chi connectivity index (χ0v) is 20.2. The summed E-state index contributed by atoms with van der Waals surface area (Å²) in [5.41, 5.74) is 1.40. The summed E-state index contributed by atoms with van der Waals surface area (Å²) in [6, 6.07) is 7.59. The van der Waals surface area contributed by atoms with E-state index in [4.69, 9.17) is 0 Å². The predicted octanol–water partition coefficient (Wildman–Crippen LogP) is 2.35. The van der Waals surface area contributed by atoms with Gasteiger partial charge in [0.1, 0.15) is 12.2 Å². The van der Waals surface area contributed by atoms with Crippen molar-refractivity contribution in [2.45, 2.75) is 52.7 Å². The molecule has 29 heavy (non-hydrogen) atoms. The molecule has 8 nitrogen and oxygen atoms in total. The molecule has 2 aromatic rings. The van der Waals surface area contributed by atoms with Gasteiger partial charge in [-0.05, 0) is 38.5 Å². The monoisotopic (exact) mass is 513 g/mol. The first-order valence-corrected chi connectivity index (χ1v) is 9.55. The quantitative estimate of drug-likeness (QED) is 0.300. The Labute approximate surface area is 190 Å². The van der Waals surface area contributed by atoms with E-state index in [2.05, 4.69) is 38.1 Å². The van der Waals surface area contributed by atoms with Crippen molar-refractivity contribution in [1.29, 1.82) is 0 Å². The molecule has 0 aliphatic heterocycles. The Morgan fingerprint density at radius 2 is 2.00 bits per heavy atom. The van der Waals surface area contributed by atoms with Crippen LogP contribution in [-0.4, -0.2) is 45.8 Å². The van der Waals surface area contributed by atoms with Crippen molar-refractivity contribution in [2.24, 2.45) is 4.99 Å². The van der Waals surface area contributed by atoms with Gasteiger partial charge >= 0.3 is 0 Å². The third-order valence-corrected chi connectivity index (χ3v) is 4.02. The van der Waals surface area contributed by atoms with Crippen molar-refractivity contribution in [3.63, 3.8) is 0 Å². The standard InChI is InChI=1S/C20H31N7O.HI/c1-6-17-26-24-14-27(17)11-10-22-19(21-5)23-13-15-8-7-9-16(12-15)18(28)25-20(2,3)4;/h7-9,12,14H,6,10-11,13H2,1-5H3,(H,25,28)(H2,21,22,23);1H. The Balaban J connectivity index is 0.00000420. The second-order valence-corrected chi connectivity index (χ2v) is 7.55. The summed E-state index contributed by atoms with van der Waals surface area (Å²) in [6.45, 7) is 10.0. The lowest BCUT2D eigenvalue weighted by Crippen LogP contribution is -2.40.